The normalized spacial score (nSPS) is 10.0. The van der Waals surface area contributed by atoms with Gasteiger partial charge in [-0.05, 0) is 18.2 Å². The number of hydrogen-bond acceptors (Lipinski definition) is 4. The molecule has 0 amide bonds. The predicted molar refractivity (Wildman–Crippen MR) is 62.8 cm³/mol. The third-order valence-corrected chi connectivity index (χ3v) is 2.70. The molecule has 0 spiro atoms. The second-order valence-corrected chi connectivity index (χ2v) is 3.94. The van der Waals surface area contributed by atoms with Crippen LogP contribution in [0.4, 0.5) is 5.69 Å². The Kier molecular flexibility index (Phi) is 3.16. The fraction of sp³-hybridized carbons (Fsp3) is 0.0909. The van der Waals surface area contributed by atoms with Crippen molar-refractivity contribution in [1.82, 2.24) is 4.98 Å². The third-order valence-electron chi connectivity index (χ3n) is 2.07. The number of nitrogens with one attached hydrogen (secondary N) is 1. The Labute approximate surface area is 96.6 Å². The molecule has 0 bridgehead atoms. The molecule has 0 saturated carbocycles. The van der Waals surface area contributed by atoms with E-state index in [9.17, 15) is 4.79 Å². The number of carboxylic acids is 1. The number of carbonyl (C=O) groups is 1. The molecule has 2 aromatic rings. The topological polar surface area (TPSA) is 62.2 Å². The van der Waals surface area contributed by atoms with Crippen LogP contribution in [0.5, 0.6) is 0 Å². The molecule has 4 nitrogen and oxygen atoms in total. The molecule has 1 aromatic carbocycles. The van der Waals surface area contributed by atoms with Crippen LogP contribution >= 0.6 is 11.3 Å². The summed E-state index contributed by atoms with van der Waals surface area (Å²) < 4.78 is 0. The number of rotatable bonds is 4. The van der Waals surface area contributed by atoms with Crippen LogP contribution in [-0.2, 0) is 6.54 Å². The lowest BCUT2D eigenvalue weighted by atomic mass is 10.2. The first-order chi connectivity index (χ1) is 7.75. The van der Waals surface area contributed by atoms with Crippen molar-refractivity contribution < 1.29 is 9.90 Å². The van der Waals surface area contributed by atoms with Gasteiger partial charge in [0.15, 0.2) is 0 Å². The van der Waals surface area contributed by atoms with E-state index in [2.05, 4.69) is 10.3 Å². The van der Waals surface area contributed by atoms with Gasteiger partial charge in [0.25, 0.3) is 0 Å². The van der Waals surface area contributed by atoms with Gasteiger partial charge < -0.3 is 10.4 Å². The zero-order chi connectivity index (χ0) is 11.4. The minimum atomic E-state index is -0.919. The van der Waals surface area contributed by atoms with Gasteiger partial charge in [0.1, 0.15) is 0 Å². The average molecular weight is 234 g/mol. The molecule has 0 radical (unpaired) electrons. The summed E-state index contributed by atoms with van der Waals surface area (Å²) in [7, 11) is 0. The van der Waals surface area contributed by atoms with E-state index in [1.54, 1.807) is 23.7 Å². The van der Waals surface area contributed by atoms with E-state index in [0.717, 1.165) is 11.4 Å². The Hall–Kier alpha value is -1.88. The van der Waals surface area contributed by atoms with Gasteiger partial charge in [0, 0.05) is 11.1 Å². The summed E-state index contributed by atoms with van der Waals surface area (Å²) in [5, 5.41) is 13.9. The second-order valence-electron chi connectivity index (χ2n) is 3.22. The van der Waals surface area contributed by atoms with Crippen molar-refractivity contribution in [2.24, 2.45) is 0 Å². The minimum Gasteiger partial charge on any atom is -0.478 e. The van der Waals surface area contributed by atoms with Crippen LogP contribution in [0.3, 0.4) is 0 Å². The van der Waals surface area contributed by atoms with Crippen molar-refractivity contribution in [3.63, 3.8) is 0 Å². The van der Waals surface area contributed by atoms with E-state index in [-0.39, 0.29) is 5.56 Å². The maximum Gasteiger partial charge on any atom is 0.335 e. The molecule has 1 aromatic heterocycles. The maximum absolute atomic E-state index is 10.7. The molecular formula is C11H10N2O2S. The summed E-state index contributed by atoms with van der Waals surface area (Å²) in [6.07, 6.45) is 0. The summed E-state index contributed by atoms with van der Waals surface area (Å²) in [4.78, 5) is 14.9. The molecule has 2 N–H and O–H groups in total. The first-order valence-corrected chi connectivity index (χ1v) is 5.64. The van der Waals surface area contributed by atoms with E-state index in [1.165, 1.54) is 11.3 Å². The molecule has 16 heavy (non-hydrogen) atoms. The van der Waals surface area contributed by atoms with Crippen molar-refractivity contribution in [3.05, 3.63) is 46.4 Å². The standard InChI is InChI=1S/C11H10N2O2S/c14-11(15)8-2-1-3-9(4-8)12-5-10-6-16-7-13-10/h1-4,6-7,12H,5H2,(H,14,15). The highest BCUT2D eigenvalue weighted by molar-refractivity contribution is 7.07. The van der Waals surface area contributed by atoms with E-state index in [0.29, 0.717) is 6.54 Å². The number of nitrogens with zero attached hydrogens (tertiary/aromatic N) is 1. The van der Waals surface area contributed by atoms with Crippen LogP contribution in [0.2, 0.25) is 0 Å². The van der Waals surface area contributed by atoms with E-state index >= 15 is 0 Å². The molecule has 5 heteroatoms. The lowest BCUT2D eigenvalue weighted by molar-refractivity contribution is 0.0697. The highest BCUT2D eigenvalue weighted by Crippen LogP contribution is 2.12. The van der Waals surface area contributed by atoms with Gasteiger partial charge in [-0.2, -0.15) is 0 Å². The number of anilines is 1. The van der Waals surface area contributed by atoms with Crippen molar-refractivity contribution in [2.75, 3.05) is 5.32 Å². The summed E-state index contributed by atoms with van der Waals surface area (Å²) >= 11 is 1.54. The van der Waals surface area contributed by atoms with Crippen LogP contribution in [0.15, 0.2) is 35.2 Å². The molecule has 0 aliphatic carbocycles. The third kappa shape index (κ3) is 2.58. The van der Waals surface area contributed by atoms with Gasteiger partial charge in [-0.25, -0.2) is 9.78 Å². The molecule has 0 aliphatic rings. The molecule has 0 aliphatic heterocycles. The number of carboxylic acid groups (broad SMARTS) is 1. The summed E-state index contributed by atoms with van der Waals surface area (Å²) in [5.74, 6) is -0.919. The van der Waals surface area contributed by atoms with E-state index in [4.69, 9.17) is 5.11 Å². The number of hydrogen-bond donors (Lipinski definition) is 2. The number of thiazole rings is 1. The smallest absolute Gasteiger partial charge is 0.335 e. The molecule has 0 saturated heterocycles. The number of aromatic carboxylic acids is 1. The lowest BCUT2D eigenvalue weighted by Gasteiger charge is -2.04. The summed E-state index contributed by atoms with van der Waals surface area (Å²) in [6, 6.07) is 6.72. The number of benzene rings is 1. The van der Waals surface area contributed by atoms with E-state index in [1.807, 2.05) is 11.4 Å². The first kappa shape index (κ1) is 10.6. The molecule has 0 unspecified atom stereocenters. The summed E-state index contributed by atoms with van der Waals surface area (Å²) in [5.41, 5.74) is 3.78. The van der Waals surface area contributed by atoms with Crippen LogP contribution in [0.1, 0.15) is 16.1 Å². The predicted octanol–water partition coefficient (Wildman–Crippen LogP) is 2.45. The maximum atomic E-state index is 10.7. The van der Waals surface area contributed by atoms with Crippen molar-refractivity contribution >= 4 is 23.0 Å². The minimum absolute atomic E-state index is 0.281. The summed E-state index contributed by atoms with van der Waals surface area (Å²) in [6.45, 7) is 0.604. The van der Waals surface area contributed by atoms with Crippen LogP contribution in [0, 0.1) is 0 Å². The molecule has 82 valence electrons. The van der Waals surface area contributed by atoms with E-state index < -0.39 is 5.97 Å². The Morgan fingerprint density at radius 2 is 2.38 bits per heavy atom. The highest BCUT2D eigenvalue weighted by Gasteiger charge is 2.02. The quantitative estimate of drug-likeness (QED) is 0.853. The van der Waals surface area contributed by atoms with Gasteiger partial charge in [-0.3, -0.25) is 0 Å². The van der Waals surface area contributed by atoms with Gasteiger partial charge in [0.2, 0.25) is 0 Å². The first-order valence-electron chi connectivity index (χ1n) is 4.70. The van der Waals surface area contributed by atoms with Gasteiger partial charge >= 0.3 is 5.97 Å². The molecule has 1 heterocycles. The van der Waals surface area contributed by atoms with Crippen molar-refractivity contribution in [2.45, 2.75) is 6.54 Å². The van der Waals surface area contributed by atoms with Crippen LogP contribution < -0.4 is 5.32 Å². The zero-order valence-corrected chi connectivity index (χ0v) is 9.20. The Morgan fingerprint density at radius 1 is 1.50 bits per heavy atom. The Balaban J connectivity index is 2.04. The monoisotopic (exact) mass is 234 g/mol. The molecule has 0 fully saturated rings. The fourth-order valence-corrected chi connectivity index (χ4v) is 1.84. The second kappa shape index (κ2) is 4.76. The zero-order valence-electron chi connectivity index (χ0n) is 8.38. The highest BCUT2D eigenvalue weighted by atomic mass is 32.1. The SMILES string of the molecule is O=C(O)c1cccc(NCc2cscn2)c1. The Morgan fingerprint density at radius 3 is 3.06 bits per heavy atom. The van der Waals surface area contributed by atoms with Crippen LogP contribution in [-0.4, -0.2) is 16.1 Å². The average Bonchev–Trinajstić information content (AvgIpc) is 2.79. The van der Waals surface area contributed by atoms with Gasteiger partial charge in [-0.1, -0.05) is 6.07 Å². The van der Waals surface area contributed by atoms with Gasteiger partial charge in [0.05, 0.1) is 23.3 Å². The largest absolute Gasteiger partial charge is 0.478 e. The molecule has 2 rings (SSSR count). The van der Waals surface area contributed by atoms with Crippen molar-refractivity contribution in [3.8, 4) is 0 Å². The fourth-order valence-electron chi connectivity index (χ4n) is 1.28. The molecule has 0 atom stereocenters. The Bertz CT molecular complexity index is 482. The van der Waals surface area contributed by atoms with Crippen molar-refractivity contribution in [1.29, 1.82) is 0 Å². The molecular weight excluding hydrogens is 224 g/mol. The lowest BCUT2D eigenvalue weighted by Crippen LogP contribution is -2.02. The number of aromatic nitrogens is 1. The van der Waals surface area contributed by atoms with Gasteiger partial charge in [-0.15, -0.1) is 11.3 Å². The van der Waals surface area contributed by atoms with Crippen LogP contribution in [0.25, 0.3) is 0 Å².